The van der Waals surface area contributed by atoms with Crippen LogP contribution in [-0.4, -0.2) is 36.9 Å². The van der Waals surface area contributed by atoms with E-state index in [1.807, 2.05) is 53.4 Å². The first-order valence-corrected chi connectivity index (χ1v) is 9.64. The van der Waals surface area contributed by atoms with E-state index in [-0.39, 0.29) is 11.8 Å². The number of anilines is 2. The molecule has 1 unspecified atom stereocenters. The number of ether oxygens (including phenoxy) is 1. The average molecular weight is 381 g/mol. The molecule has 1 aliphatic heterocycles. The molecule has 2 amide bonds. The number of nitrogens with zero attached hydrogens (tertiary/aromatic N) is 1. The number of primary amides is 1. The van der Waals surface area contributed by atoms with Gasteiger partial charge in [0, 0.05) is 25.2 Å². The monoisotopic (exact) mass is 381 g/mol. The molecule has 1 heterocycles. The van der Waals surface area contributed by atoms with E-state index in [0.29, 0.717) is 24.4 Å². The van der Waals surface area contributed by atoms with Gasteiger partial charge in [0.15, 0.2) is 0 Å². The Morgan fingerprint density at radius 1 is 1.18 bits per heavy atom. The number of likely N-dealkylation sites (tertiary alicyclic amines) is 1. The third-order valence-electron chi connectivity index (χ3n) is 5.13. The van der Waals surface area contributed by atoms with Crippen LogP contribution in [-0.2, 0) is 4.79 Å². The largest absolute Gasteiger partial charge is 0.497 e. The van der Waals surface area contributed by atoms with E-state index in [9.17, 15) is 9.59 Å². The number of benzene rings is 2. The van der Waals surface area contributed by atoms with Gasteiger partial charge < -0.3 is 20.7 Å². The lowest BCUT2D eigenvalue weighted by Gasteiger charge is -2.33. The molecule has 28 heavy (non-hydrogen) atoms. The highest BCUT2D eigenvalue weighted by atomic mass is 16.5. The number of amides is 2. The molecule has 148 valence electrons. The van der Waals surface area contributed by atoms with Gasteiger partial charge in [-0.25, -0.2) is 0 Å². The summed E-state index contributed by atoms with van der Waals surface area (Å²) in [5.74, 6) is 0.843. The fraction of sp³-hybridized carbons (Fsp3) is 0.364. The molecule has 0 aliphatic carbocycles. The number of hydrogen-bond acceptors (Lipinski definition) is 4. The molecule has 0 saturated carbocycles. The Morgan fingerprint density at radius 3 is 2.64 bits per heavy atom. The second-order valence-electron chi connectivity index (χ2n) is 7.16. The molecule has 0 bridgehead atoms. The third kappa shape index (κ3) is 5.03. The lowest BCUT2D eigenvalue weighted by Crippen LogP contribution is -2.40. The van der Waals surface area contributed by atoms with Gasteiger partial charge in [-0.05, 0) is 61.6 Å². The Kier molecular flexibility index (Phi) is 6.53. The minimum Gasteiger partial charge on any atom is -0.497 e. The Labute approximate surface area is 165 Å². The number of hydrogen-bond donors (Lipinski definition) is 2. The zero-order valence-electron chi connectivity index (χ0n) is 16.2. The van der Waals surface area contributed by atoms with Crippen molar-refractivity contribution in [3.8, 4) is 5.75 Å². The van der Waals surface area contributed by atoms with Crippen LogP contribution in [0.5, 0.6) is 5.75 Å². The Balaban J connectivity index is 1.72. The molecule has 6 heteroatoms. The Bertz CT molecular complexity index is 820. The summed E-state index contributed by atoms with van der Waals surface area (Å²) in [5, 5.41) is 3.33. The number of carbonyl (C=O) groups is 2. The SMILES string of the molecule is COc1ccc(Nc2ccccc2C(=O)N2CCCC(CCC(N)=O)C2)cc1. The summed E-state index contributed by atoms with van der Waals surface area (Å²) in [5.41, 5.74) is 7.58. The number of methoxy groups -OCH3 is 1. The van der Waals surface area contributed by atoms with Crippen LogP contribution in [0.25, 0.3) is 0 Å². The second-order valence-corrected chi connectivity index (χ2v) is 7.16. The highest BCUT2D eigenvalue weighted by Crippen LogP contribution is 2.27. The molecule has 2 aromatic rings. The van der Waals surface area contributed by atoms with Crippen LogP contribution >= 0.6 is 0 Å². The van der Waals surface area contributed by atoms with Crippen LogP contribution in [0.3, 0.4) is 0 Å². The summed E-state index contributed by atoms with van der Waals surface area (Å²) in [6, 6.07) is 15.1. The minimum atomic E-state index is -0.280. The van der Waals surface area contributed by atoms with Crippen LogP contribution in [0, 0.1) is 5.92 Å². The molecule has 3 N–H and O–H groups in total. The van der Waals surface area contributed by atoms with Crippen molar-refractivity contribution in [2.24, 2.45) is 11.7 Å². The van der Waals surface area contributed by atoms with Gasteiger partial charge in [0.25, 0.3) is 5.91 Å². The van der Waals surface area contributed by atoms with Gasteiger partial charge in [-0.1, -0.05) is 12.1 Å². The smallest absolute Gasteiger partial charge is 0.255 e. The maximum absolute atomic E-state index is 13.2. The fourth-order valence-corrected chi connectivity index (χ4v) is 3.61. The molecule has 1 atom stereocenters. The van der Waals surface area contributed by atoms with Crippen molar-refractivity contribution in [1.82, 2.24) is 4.90 Å². The van der Waals surface area contributed by atoms with Crippen LogP contribution in [0.4, 0.5) is 11.4 Å². The van der Waals surface area contributed by atoms with E-state index >= 15 is 0 Å². The summed E-state index contributed by atoms with van der Waals surface area (Å²) in [6.07, 6.45) is 3.10. The number of piperidine rings is 1. The number of nitrogens with two attached hydrogens (primary N) is 1. The zero-order chi connectivity index (χ0) is 19.9. The molecular formula is C22H27N3O3. The van der Waals surface area contributed by atoms with Crippen molar-refractivity contribution in [3.05, 3.63) is 54.1 Å². The van der Waals surface area contributed by atoms with Crippen LogP contribution in [0.15, 0.2) is 48.5 Å². The maximum atomic E-state index is 13.2. The quantitative estimate of drug-likeness (QED) is 0.768. The number of carbonyl (C=O) groups excluding carboxylic acids is 2. The lowest BCUT2D eigenvalue weighted by molar-refractivity contribution is -0.118. The normalized spacial score (nSPS) is 16.5. The molecule has 1 fully saturated rings. The molecule has 6 nitrogen and oxygen atoms in total. The molecule has 1 saturated heterocycles. The van der Waals surface area contributed by atoms with Gasteiger partial charge in [-0.15, -0.1) is 0 Å². The van der Waals surface area contributed by atoms with Gasteiger partial charge in [-0.3, -0.25) is 9.59 Å². The van der Waals surface area contributed by atoms with E-state index in [1.54, 1.807) is 7.11 Å². The van der Waals surface area contributed by atoms with Crippen molar-refractivity contribution >= 4 is 23.2 Å². The van der Waals surface area contributed by atoms with E-state index in [4.69, 9.17) is 10.5 Å². The highest BCUT2D eigenvalue weighted by molar-refractivity contribution is 6.00. The summed E-state index contributed by atoms with van der Waals surface area (Å²) >= 11 is 0. The van der Waals surface area contributed by atoms with Crippen LogP contribution in [0.1, 0.15) is 36.0 Å². The average Bonchev–Trinajstić information content (AvgIpc) is 2.73. The minimum absolute atomic E-state index is 0.0142. The van der Waals surface area contributed by atoms with Crippen molar-refractivity contribution in [3.63, 3.8) is 0 Å². The first-order chi connectivity index (χ1) is 13.6. The summed E-state index contributed by atoms with van der Waals surface area (Å²) < 4.78 is 5.19. The summed E-state index contributed by atoms with van der Waals surface area (Å²) in [4.78, 5) is 26.1. The topological polar surface area (TPSA) is 84.7 Å². The van der Waals surface area contributed by atoms with E-state index in [2.05, 4.69) is 5.32 Å². The number of para-hydroxylation sites is 1. The first-order valence-electron chi connectivity index (χ1n) is 9.64. The molecule has 1 aliphatic rings. The Morgan fingerprint density at radius 2 is 1.93 bits per heavy atom. The van der Waals surface area contributed by atoms with Gasteiger partial charge in [0.2, 0.25) is 5.91 Å². The molecule has 0 spiro atoms. The molecule has 2 aromatic carbocycles. The van der Waals surface area contributed by atoms with Crippen LogP contribution < -0.4 is 15.8 Å². The molecule has 0 aromatic heterocycles. The first kappa shape index (κ1) is 19.7. The Hall–Kier alpha value is -3.02. The third-order valence-corrected chi connectivity index (χ3v) is 5.13. The molecule has 3 rings (SSSR count). The van der Waals surface area contributed by atoms with Crippen molar-refractivity contribution in [1.29, 1.82) is 0 Å². The predicted octanol–water partition coefficient (Wildman–Crippen LogP) is 3.56. The van der Waals surface area contributed by atoms with Crippen molar-refractivity contribution in [2.45, 2.75) is 25.7 Å². The second kappa shape index (κ2) is 9.26. The lowest BCUT2D eigenvalue weighted by atomic mass is 9.92. The molecular weight excluding hydrogens is 354 g/mol. The van der Waals surface area contributed by atoms with Crippen molar-refractivity contribution in [2.75, 3.05) is 25.5 Å². The van der Waals surface area contributed by atoms with E-state index < -0.39 is 0 Å². The van der Waals surface area contributed by atoms with Gasteiger partial charge in [0.1, 0.15) is 5.75 Å². The standard InChI is InChI=1S/C22H27N3O3/c1-28-18-11-9-17(10-12-18)24-20-7-3-2-6-19(20)22(27)25-14-4-5-16(15-25)8-13-21(23)26/h2-3,6-7,9-12,16,24H,4-5,8,13-15H2,1H3,(H2,23,26). The number of nitrogens with one attached hydrogen (secondary N) is 1. The van der Waals surface area contributed by atoms with Gasteiger partial charge >= 0.3 is 0 Å². The predicted molar refractivity (Wildman–Crippen MR) is 110 cm³/mol. The van der Waals surface area contributed by atoms with E-state index in [0.717, 1.165) is 42.9 Å². The van der Waals surface area contributed by atoms with E-state index in [1.165, 1.54) is 0 Å². The highest BCUT2D eigenvalue weighted by Gasteiger charge is 2.26. The summed E-state index contributed by atoms with van der Waals surface area (Å²) in [6.45, 7) is 1.41. The molecule has 0 radical (unpaired) electrons. The zero-order valence-corrected chi connectivity index (χ0v) is 16.2. The number of rotatable bonds is 7. The van der Waals surface area contributed by atoms with Crippen LogP contribution in [0.2, 0.25) is 0 Å². The maximum Gasteiger partial charge on any atom is 0.255 e. The van der Waals surface area contributed by atoms with Crippen molar-refractivity contribution < 1.29 is 14.3 Å². The summed E-state index contributed by atoms with van der Waals surface area (Å²) in [7, 11) is 1.63. The van der Waals surface area contributed by atoms with Gasteiger partial charge in [0.05, 0.1) is 18.4 Å². The van der Waals surface area contributed by atoms with Gasteiger partial charge in [-0.2, -0.15) is 0 Å². The fourth-order valence-electron chi connectivity index (χ4n) is 3.61.